The quantitative estimate of drug-likeness (QED) is 0.0153. The summed E-state index contributed by atoms with van der Waals surface area (Å²) in [6.45, 7) is 7.37. The van der Waals surface area contributed by atoms with Crippen molar-refractivity contribution in [2.24, 2.45) is 84.1 Å². The number of carboxylic acid groups (broad SMARTS) is 3. The molecule has 45 heteroatoms. The highest BCUT2D eigenvalue weighted by atomic mass is 16.4. The number of imide groups is 1. The van der Waals surface area contributed by atoms with Gasteiger partial charge in [0.1, 0.15) is 72.5 Å². The van der Waals surface area contributed by atoms with Crippen molar-refractivity contribution in [3.05, 3.63) is 0 Å². The van der Waals surface area contributed by atoms with Crippen LogP contribution in [0.3, 0.4) is 0 Å². The lowest BCUT2D eigenvalue weighted by molar-refractivity contribution is -0.142. The summed E-state index contributed by atoms with van der Waals surface area (Å²) in [5.41, 5.74) is 56.0. The summed E-state index contributed by atoms with van der Waals surface area (Å²) >= 11 is 0. The third-order valence-corrected chi connectivity index (χ3v) is 17.3. The third kappa shape index (κ3) is 45.4. The van der Waals surface area contributed by atoms with E-state index in [9.17, 15) is 97.1 Å². The fraction of sp³-hybridized carbons (Fsp3) is 0.721. The van der Waals surface area contributed by atoms with Crippen LogP contribution < -0.4 is 121 Å². The molecule has 113 heavy (non-hydrogen) atoms. The smallest absolute Gasteiger partial charge is 0.305 e. The minimum absolute atomic E-state index is 0.00899. The normalized spacial score (nSPS) is 14.4. The van der Waals surface area contributed by atoms with Crippen molar-refractivity contribution in [2.75, 3.05) is 45.9 Å². The number of hydrogen-bond donors (Lipinski definition) is 26. The molecule has 0 heterocycles. The van der Waals surface area contributed by atoms with Crippen molar-refractivity contribution in [1.29, 1.82) is 0 Å². The molecule has 36 N–H and O–H groups in total. The number of nitrogens with one attached hydrogen (secondary N) is 12. The Balaban J connectivity index is 7.53. The van der Waals surface area contributed by atoms with Gasteiger partial charge in [-0.15, -0.1) is 0 Å². The van der Waals surface area contributed by atoms with E-state index < -0.39 is 212 Å². The van der Waals surface area contributed by atoms with Crippen LogP contribution in [-0.2, 0) is 76.7 Å². The van der Waals surface area contributed by atoms with Crippen LogP contribution >= 0.6 is 0 Å². The third-order valence-electron chi connectivity index (χ3n) is 17.3. The van der Waals surface area contributed by atoms with Crippen molar-refractivity contribution >= 4 is 113 Å². The molecular weight excluding hydrogens is 1490 g/mol. The average Bonchev–Trinajstić information content (AvgIpc) is 0.854. The summed E-state index contributed by atoms with van der Waals surface area (Å²) in [7, 11) is 0. The molecule has 45 nitrogen and oxygen atoms in total. The zero-order valence-electron chi connectivity index (χ0n) is 65.2. The van der Waals surface area contributed by atoms with Crippen LogP contribution in [0.5, 0.6) is 0 Å². The van der Waals surface area contributed by atoms with Crippen molar-refractivity contribution in [2.45, 2.75) is 255 Å². The van der Waals surface area contributed by atoms with E-state index in [2.05, 4.69) is 78.8 Å². The Morgan fingerprint density at radius 2 is 0.673 bits per heavy atom. The molecule has 0 aliphatic carbocycles. The molecular formula is C68H125N25O20. The summed E-state index contributed by atoms with van der Waals surface area (Å²) in [6, 6.07) is -19.1. The van der Waals surface area contributed by atoms with E-state index in [0.29, 0.717) is 32.2 Å². The Bertz CT molecular complexity index is 3190. The molecule has 0 radical (unpaired) electrons. The van der Waals surface area contributed by atoms with Gasteiger partial charge in [0.05, 0.1) is 13.0 Å². The molecule has 0 rings (SSSR count). The van der Waals surface area contributed by atoms with Crippen LogP contribution in [0, 0.1) is 11.8 Å². The van der Waals surface area contributed by atoms with Crippen LogP contribution in [-0.4, -0.2) is 251 Å². The molecule has 0 fully saturated rings. The Morgan fingerprint density at radius 1 is 0.345 bits per heavy atom. The maximum absolute atomic E-state index is 14.7. The Labute approximate surface area is 656 Å². The van der Waals surface area contributed by atoms with Gasteiger partial charge in [-0.25, -0.2) is 0 Å². The highest BCUT2D eigenvalue weighted by molar-refractivity contribution is 6.02. The highest BCUT2D eigenvalue weighted by Gasteiger charge is 2.38. The molecule has 0 saturated carbocycles. The number of aliphatic imine (C=N–C) groups is 3. The summed E-state index contributed by atoms with van der Waals surface area (Å²) in [5, 5.41) is 68.1. The van der Waals surface area contributed by atoms with Crippen molar-refractivity contribution in [3.8, 4) is 0 Å². The molecule has 0 aromatic carbocycles. The van der Waals surface area contributed by atoms with Gasteiger partial charge in [-0.3, -0.25) is 97.0 Å². The van der Waals surface area contributed by atoms with E-state index in [1.165, 1.54) is 13.8 Å². The van der Waals surface area contributed by atoms with Crippen LogP contribution in [0.4, 0.5) is 0 Å². The second kappa shape index (κ2) is 57.4. The van der Waals surface area contributed by atoms with Gasteiger partial charge in [-0.1, -0.05) is 40.5 Å². The van der Waals surface area contributed by atoms with Gasteiger partial charge in [-0.05, 0) is 148 Å². The van der Waals surface area contributed by atoms with Crippen LogP contribution in [0.2, 0.25) is 0 Å². The maximum atomic E-state index is 14.7. The molecule has 0 unspecified atom stereocenters. The van der Waals surface area contributed by atoms with Crippen LogP contribution in [0.15, 0.2) is 15.0 Å². The largest absolute Gasteiger partial charge is 0.481 e. The van der Waals surface area contributed by atoms with Gasteiger partial charge in [0.25, 0.3) is 0 Å². The Kier molecular flexibility index (Phi) is 52.0. The van der Waals surface area contributed by atoms with Crippen LogP contribution in [0.1, 0.15) is 182 Å². The zero-order chi connectivity index (χ0) is 85.9. The predicted molar refractivity (Wildman–Crippen MR) is 413 cm³/mol. The number of aliphatic hydroxyl groups is 1. The van der Waals surface area contributed by atoms with Crippen molar-refractivity contribution < 1.29 is 97.1 Å². The minimum Gasteiger partial charge on any atom is -0.481 e. The highest BCUT2D eigenvalue weighted by Crippen LogP contribution is 2.15. The second-order valence-electron chi connectivity index (χ2n) is 27.5. The fourth-order valence-electron chi connectivity index (χ4n) is 10.8. The molecule has 0 aromatic rings. The molecule has 0 saturated heterocycles. The minimum atomic E-state index is -1.96. The monoisotopic (exact) mass is 1610 g/mol. The van der Waals surface area contributed by atoms with Crippen LogP contribution in [0.25, 0.3) is 0 Å². The molecule has 13 amide bonds. The van der Waals surface area contributed by atoms with Gasteiger partial charge >= 0.3 is 17.9 Å². The standard InChI is InChI=1S/C68H125N25O20/c1-6-37(4)53(93-62(110)44(21-16-32-81-68(77)78)88-64(112)48(34-52(100)101)91-59(107)41(18-10-13-29-71)87-63(111)47(33-36(2)3)90-55(103)39(72)35-94)65(113)89-45(23-25-50(96)97)60(108)84-40(17-9-12-28-70)57(105)86-43(20-15-31-80-67(75)76)58(106)85-42(19-14-30-79-66(73)74)56(104)82-38(5)54(102)83-46(24-26-51(98)99)61(109)92-49(95)22-8-7-11-27-69/h36-48,53,94H,6-35,69-72H2,1-5H3,(H,82,104)(H,83,102)(H,84,108)(H,85,106)(H,86,105)(H,87,111)(H,88,112)(H,89,113)(H,90,103)(H,91,107)(H,93,110)(H,96,97)(H,98,99)(H,100,101)(H4,73,74,79)(H4,75,76,80)(H4,77,78,81)(H,92,95,109)/t37-,38-,39-,40-,41-,42-,43-,44-,45-,46-,47-,48-,53-/m0/s1. The summed E-state index contributed by atoms with van der Waals surface area (Å²) in [6.07, 6.45) is -2.14. The molecule has 0 aliphatic heterocycles. The molecule has 13 atom stereocenters. The molecule has 0 aliphatic rings. The number of hydrogen-bond acceptors (Lipinski definition) is 24. The van der Waals surface area contributed by atoms with Gasteiger partial charge in [0.2, 0.25) is 76.8 Å². The summed E-state index contributed by atoms with van der Waals surface area (Å²) in [4.78, 5) is 230. The number of carbonyl (C=O) groups excluding carboxylic acids is 13. The molecule has 0 aromatic heterocycles. The lowest BCUT2D eigenvalue weighted by Gasteiger charge is -2.30. The van der Waals surface area contributed by atoms with E-state index >= 15 is 0 Å². The van der Waals surface area contributed by atoms with E-state index in [0.717, 1.165) is 0 Å². The number of unbranched alkanes of at least 4 members (excludes halogenated alkanes) is 4. The lowest BCUT2D eigenvalue weighted by Crippen LogP contribution is -2.61. The molecule has 0 bridgehead atoms. The Hall–Kier alpha value is -10.7. The van der Waals surface area contributed by atoms with E-state index in [-0.39, 0.29) is 146 Å². The number of aliphatic hydroxyl groups excluding tert-OH is 1. The average molecular weight is 1610 g/mol. The first kappa shape index (κ1) is 102. The number of aliphatic carboxylic acids is 3. The first-order valence-corrected chi connectivity index (χ1v) is 37.7. The van der Waals surface area contributed by atoms with Crippen molar-refractivity contribution in [1.82, 2.24) is 63.8 Å². The summed E-state index contributed by atoms with van der Waals surface area (Å²) < 4.78 is 0. The van der Waals surface area contributed by atoms with Gasteiger partial charge in [0, 0.05) is 38.9 Å². The number of guanidine groups is 3. The second-order valence-corrected chi connectivity index (χ2v) is 27.5. The van der Waals surface area contributed by atoms with E-state index in [4.69, 9.17) is 57.3 Å². The number of nitrogens with two attached hydrogens (primary N) is 10. The maximum Gasteiger partial charge on any atom is 0.305 e. The number of nitrogens with zero attached hydrogens (tertiary/aromatic N) is 3. The first-order chi connectivity index (χ1) is 53.2. The molecule has 642 valence electrons. The van der Waals surface area contributed by atoms with E-state index in [1.807, 2.05) is 0 Å². The number of amides is 13. The Morgan fingerprint density at radius 3 is 1.04 bits per heavy atom. The van der Waals surface area contributed by atoms with Crippen molar-refractivity contribution in [3.63, 3.8) is 0 Å². The first-order valence-electron chi connectivity index (χ1n) is 37.7. The topological polar surface area (TPSA) is 796 Å². The SMILES string of the molecule is CC[C@H](C)[C@H](NC(=O)[C@H](CCCN=C(N)N)NC(=O)[C@H](CC(=O)O)NC(=O)[C@H](CCCCN)NC(=O)[C@H](CC(C)C)NC(=O)[C@@H](N)CO)C(=O)N[C@@H](CCC(=O)O)C(=O)N[C@@H](CCCCN)C(=O)N[C@@H](CCCN=C(N)N)C(=O)N[C@@H](CCCN=C(N)N)C(=O)N[C@@H](C)C(=O)N[C@@H](CCC(=O)O)C(=O)NC(=O)CCCCCN. The van der Waals surface area contributed by atoms with Gasteiger partial charge in [-0.2, -0.15) is 0 Å². The lowest BCUT2D eigenvalue weighted by atomic mass is 9.96. The number of carboxylic acids is 3. The molecule has 0 spiro atoms. The zero-order valence-corrected chi connectivity index (χ0v) is 65.2. The fourth-order valence-corrected chi connectivity index (χ4v) is 10.8. The van der Waals surface area contributed by atoms with Gasteiger partial charge in [0.15, 0.2) is 17.9 Å². The number of rotatable bonds is 61. The van der Waals surface area contributed by atoms with Gasteiger partial charge < -0.3 is 136 Å². The van der Waals surface area contributed by atoms with E-state index in [1.54, 1.807) is 20.8 Å². The number of carbonyl (C=O) groups is 16. The predicted octanol–water partition coefficient (Wildman–Crippen LogP) is -8.46. The summed E-state index contributed by atoms with van der Waals surface area (Å²) in [5.74, 6) is -19.6.